The van der Waals surface area contributed by atoms with Crippen molar-refractivity contribution >= 4 is 28.4 Å². The summed E-state index contributed by atoms with van der Waals surface area (Å²) in [6.45, 7) is 1.99. The maximum Gasteiger partial charge on any atom is 0.181 e. The van der Waals surface area contributed by atoms with Gasteiger partial charge in [0.1, 0.15) is 11.5 Å². The summed E-state index contributed by atoms with van der Waals surface area (Å²) in [5.41, 5.74) is 9.70. The van der Waals surface area contributed by atoms with Gasteiger partial charge in [-0.1, -0.05) is 36.4 Å². The molecular formula is C16H13IN4. The highest BCUT2D eigenvalue weighted by atomic mass is 127. The number of halogens is 1. The van der Waals surface area contributed by atoms with Crippen LogP contribution in [0.5, 0.6) is 0 Å². The second-order valence-electron chi connectivity index (χ2n) is 4.63. The lowest BCUT2D eigenvalue weighted by Crippen LogP contribution is -2.04. The quantitative estimate of drug-likeness (QED) is 0.680. The first-order chi connectivity index (χ1) is 10.2. The van der Waals surface area contributed by atoms with Crippen LogP contribution in [-0.4, -0.2) is 15.0 Å². The first kappa shape index (κ1) is 13.9. The van der Waals surface area contributed by atoms with Crippen molar-refractivity contribution < 1.29 is 0 Å². The Hall–Kier alpha value is -2.02. The second-order valence-corrected chi connectivity index (χ2v) is 5.71. The number of rotatable bonds is 2. The van der Waals surface area contributed by atoms with Gasteiger partial charge in [0.2, 0.25) is 0 Å². The van der Waals surface area contributed by atoms with Crippen molar-refractivity contribution in [3.63, 3.8) is 0 Å². The van der Waals surface area contributed by atoms with E-state index in [9.17, 15) is 0 Å². The van der Waals surface area contributed by atoms with Crippen molar-refractivity contribution in [1.29, 1.82) is 0 Å². The van der Waals surface area contributed by atoms with Gasteiger partial charge < -0.3 is 5.73 Å². The lowest BCUT2D eigenvalue weighted by molar-refractivity contribution is 1.12. The molecule has 3 rings (SSSR count). The Morgan fingerprint density at radius 1 is 0.952 bits per heavy atom. The Morgan fingerprint density at radius 3 is 2.43 bits per heavy atom. The van der Waals surface area contributed by atoms with Crippen molar-refractivity contribution in [2.45, 2.75) is 6.92 Å². The molecule has 2 aromatic heterocycles. The van der Waals surface area contributed by atoms with Crippen molar-refractivity contribution in [1.82, 2.24) is 15.0 Å². The maximum atomic E-state index is 6.06. The van der Waals surface area contributed by atoms with Gasteiger partial charge in [-0.05, 0) is 41.1 Å². The van der Waals surface area contributed by atoms with Crippen LogP contribution in [0.3, 0.4) is 0 Å². The Morgan fingerprint density at radius 2 is 1.71 bits per heavy atom. The van der Waals surface area contributed by atoms with Gasteiger partial charge in [-0.25, -0.2) is 9.97 Å². The predicted molar refractivity (Wildman–Crippen MR) is 92.6 cm³/mol. The zero-order valence-corrected chi connectivity index (χ0v) is 13.6. The lowest BCUT2D eigenvalue weighted by atomic mass is 10.1. The molecule has 2 N–H and O–H groups in total. The van der Waals surface area contributed by atoms with Crippen molar-refractivity contribution in [2.75, 3.05) is 5.73 Å². The number of nitrogen functional groups attached to an aromatic ring is 1. The summed E-state index contributed by atoms with van der Waals surface area (Å²) in [7, 11) is 0. The molecule has 0 fully saturated rings. The monoisotopic (exact) mass is 388 g/mol. The standard InChI is InChI=1S/C16H13IN4/c1-10-6-5-9-19-13(10)16-20-14(12(17)15(18)21-16)11-7-3-2-4-8-11/h2-9H,1H3,(H2,18,20,21). The van der Waals surface area contributed by atoms with Crippen molar-refractivity contribution in [3.8, 4) is 22.8 Å². The van der Waals surface area contributed by atoms with Crippen LogP contribution < -0.4 is 5.73 Å². The van der Waals surface area contributed by atoms with Gasteiger partial charge in [0.05, 0.1) is 9.26 Å². The predicted octanol–water partition coefficient (Wildman–Crippen LogP) is 3.70. The third-order valence-electron chi connectivity index (χ3n) is 3.15. The fourth-order valence-corrected chi connectivity index (χ4v) is 2.63. The van der Waals surface area contributed by atoms with Crippen LogP contribution in [-0.2, 0) is 0 Å². The van der Waals surface area contributed by atoms with E-state index in [1.54, 1.807) is 6.20 Å². The smallest absolute Gasteiger partial charge is 0.181 e. The average molecular weight is 388 g/mol. The summed E-state index contributed by atoms with van der Waals surface area (Å²) in [6, 6.07) is 13.8. The van der Waals surface area contributed by atoms with Crippen molar-refractivity contribution in [2.24, 2.45) is 0 Å². The number of hydrogen-bond donors (Lipinski definition) is 1. The van der Waals surface area contributed by atoms with Crippen LogP contribution >= 0.6 is 22.6 Å². The van der Waals surface area contributed by atoms with Gasteiger partial charge >= 0.3 is 0 Å². The van der Waals surface area contributed by atoms with E-state index >= 15 is 0 Å². The minimum atomic E-state index is 0.476. The zero-order valence-electron chi connectivity index (χ0n) is 11.4. The fourth-order valence-electron chi connectivity index (χ4n) is 2.08. The third kappa shape index (κ3) is 2.73. The summed E-state index contributed by atoms with van der Waals surface area (Å²) in [4.78, 5) is 13.4. The number of benzene rings is 1. The first-order valence-corrected chi connectivity index (χ1v) is 7.55. The van der Waals surface area contributed by atoms with E-state index in [-0.39, 0.29) is 0 Å². The number of hydrogen-bond acceptors (Lipinski definition) is 4. The van der Waals surface area contributed by atoms with Crippen LogP contribution in [0.25, 0.3) is 22.8 Å². The molecule has 0 saturated carbocycles. The largest absolute Gasteiger partial charge is 0.383 e. The molecule has 0 aliphatic carbocycles. The van der Waals surface area contributed by atoms with E-state index < -0.39 is 0 Å². The molecular weight excluding hydrogens is 375 g/mol. The molecule has 4 nitrogen and oxygen atoms in total. The molecule has 21 heavy (non-hydrogen) atoms. The van der Waals surface area contributed by atoms with E-state index in [2.05, 4.69) is 37.5 Å². The number of aromatic nitrogens is 3. The number of pyridine rings is 1. The fraction of sp³-hybridized carbons (Fsp3) is 0.0625. The minimum Gasteiger partial charge on any atom is -0.383 e. The van der Waals surface area contributed by atoms with Gasteiger partial charge in [-0.3, -0.25) is 4.98 Å². The van der Waals surface area contributed by atoms with E-state index in [0.29, 0.717) is 11.6 Å². The molecule has 3 aromatic rings. The number of nitrogens with zero attached hydrogens (tertiary/aromatic N) is 3. The normalized spacial score (nSPS) is 10.6. The summed E-state index contributed by atoms with van der Waals surface area (Å²) >= 11 is 2.18. The molecule has 1 aromatic carbocycles. The first-order valence-electron chi connectivity index (χ1n) is 6.47. The molecule has 0 aliphatic heterocycles. The van der Waals surface area contributed by atoms with Gasteiger partial charge in [0.25, 0.3) is 0 Å². The van der Waals surface area contributed by atoms with E-state index in [1.807, 2.05) is 49.4 Å². The number of anilines is 1. The third-order valence-corrected chi connectivity index (χ3v) is 4.21. The van der Waals surface area contributed by atoms with Gasteiger partial charge in [-0.2, -0.15) is 0 Å². The van der Waals surface area contributed by atoms with Gasteiger partial charge in [0, 0.05) is 11.8 Å². The van der Waals surface area contributed by atoms with Gasteiger partial charge in [-0.15, -0.1) is 0 Å². The van der Waals surface area contributed by atoms with Crippen LogP contribution in [0, 0.1) is 10.5 Å². The molecule has 0 amide bonds. The molecule has 0 spiro atoms. The summed E-state index contributed by atoms with van der Waals surface area (Å²) in [5.74, 6) is 1.04. The van der Waals surface area contributed by atoms with Gasteiger partial charge in [0.15, 0.2) is 5.82 Å². The minimum absolute atomic E-state index is 0.476. The topological polar surface area (TPSA) is 64.7 Å². The maximum absolute atomic E-state index is 6.06. The Bertz CT molecular complexity index is 788. The molecule has 0 bridgehead atoms. The Labute approximate surface area is 136 Å². The molecule has 0 radical (unpaired) electrons. The molecule has 0 aliphatic rings. The lowest BCUT2D eigenvalue weighted by Gasteiger charge is -2.10. The van der Waals surface area contributed by atoms with Crippen LogP contribution in [0.1, 0.15) is 5.56 Å². The molecule has 0 saturated heterocycles. The van der Waals surface area contributed by atoms with Crippen LogP contribution in [0.15, 0.2) is 48.7 Å². The Balaban J connectivity index is 2.22. The van der Waals surface area contributed by atoms with E-state index in [1.165, 1.54) is 0 Å². The summed E-state index contributed by atoms with van der Waals surface area (Å²) < 4.78 is 0.858. The molecule has 104 valence electrons. The molecule has 0 unspecified atom stereocenters. The Kier molecular flexibility index (Phi) is 3.83. The highest BCUT2D eigenvalue weighted by Gasteiger charge is 2.14. The summed E-state index contributed by atoms with van der Waals surface area (Å²) in [6.07, 6.45) is 1.74. The van der Waals surface area contributed by atoms with Crippen molar-refractivity contribution in [3.05, 3.63) is 57.8 Å². The van der Waals surface area contributed by atoms with Crippen LogP contribution in [0.2, 0.25) is 0 Å². The number of nitrogens with two attached hydrogens (primary N) is 1. The highest BCUT2D eigenvalue weighted by molar-refractivity contribution is 14.1. The molecule has 0 atom stereocenters. The number of aryl methyl sites for hydroxylation is 1. The average Bonchev–Trinajstić information content (AvgIpc) is 2.51. The second kappa shape index (κ2) is 5.77. The summed E-state index contributed by atoms with van der Waals surface area (Å²) in [5, 5.41) is 0. The highest BCUT2D eigenvalue weighted by Crippen LogP contribution is 2.29. The zero-order chi connectivity index (χ0) is 14.8. The van der Waals surface area contributed by atoms with E-state index in [4.69, 9.17) is 5.73 Å². The SMILES string of the molecule is Cc1cccnc1-c1nc(N)c(I)c(-c2ccccc2)n1. The molecule has 5 heteroatoms. The molecule has 2 heterocycles. The van der Waals surface area contributed by atoms with Crippen LogP contribution in [0.4, 0.5) is 5.82 Å². The van der Waals surface area contributed by atoms with E-state index in [0.717, 1.165) is 26.1 Å².